The Labute approximate surface area is 108 Å². The van der Waals surface area contributed by atoms with Gasteiger partial charge in [0.1, 0.15) is 18.7 Å². The van der Waals surface area contributed by atoms with Crippen LogP contribution in [-0.4, -0.2) is 39.4 Å². The van der Waals surface area contributed by atoms with Gasteiger partial charge in [-0.2, -0.15) is 13.2 Å². The van der Waals surface area contributed by atoms with Crippen LogP contribution in [0.5, 0.6) is 0 Å². The van der Waals surface area contributed by atoms with Gasteiger partial charge in [-0.3, -0.25) is 10.1 Å². The Bertz CT molecular complexity index is 431. The predicted molar refractivity (Wildman–Crippen MR) is 61.1 cm³/mol. The maximum Gasteiger partial charge on any atom is 0.405 e. The number of carbonyl (C=O) groups excluding carboxylic acids is 1. The molecule has 0 spiro atoms. The SMILES string of the molecule is CC(NC(C)c1nncn1C)C(=O)NCC(F)(F)F. The fourth-order valence-corrected chi connectivity index (χ4v) is 1.55. The molecule has 9 heteroatoms. The van der Waals surface area contributed by atoms with E-state index in [9.17, 15) is 18.0 Å². The normalized spacial score (nSPS) is 15.1. The van der Waals surface area contributed by atoms with E-state index in [0.29, 0.717) is 5.82 Å². The monoisotopic (exact) mass is 279 g/mol. The second-order valence-corrected chi connectivity index (χ2v) is 4.24. The van der Waals surface area contributed by atoms with Gasteiger partial charge in [-0.05, 0) is 13.8 Å². The van der Waals surface area contributed by atoms with Crippen molar-refractivity contribution in [1.82, 2.24) is 25.4 Å². The van der Waals surface area contributed by atoms with Gasteiger partial charge in [0.05, 0.1) is 12.1 Å². The minimum absolute atomic E-state index is 0.306. The molecule has 1 rings (SSSR count). The van der Waals surface area contributed by atoms with Gasteiger partial charge in [-0.25, -0.2) is 0 Å². The molecule has 0 saturated carbocycles. The van der Waals surface area contributed by atoms with Crippen LogP contribution in [0.25, 0.3) is 0 Å². The maximum absolute atomic E-state index is 12.0. The lowest BCUT2D eigenvalue weighted by atomic mass is 10.2. The molecule has 0 saturated heterocycles. The van der Waals surface area contributed by atoms with Gasteiger partial charge in [0.2, 0.25) is 5.91 Å². The van der Waals surface area contributed by atoms with E-state index >= 15 is 0 Å². The number of hydrogen-bond donors (Lipinski definition) is 2. The number of nitrogens with zero attached hydrogens (tertiary/aromatic N) is 3. The lowest BCUT2D eigenvalue weighted by Crippen LogP contribution is -2.46. The van der Waals surface area contributed by atoms with Crippen LogP contribution in [0.3, 0.4) is 0 Å². The second kappa shape index (κ2) is 6.00. The van der Waals surface area contributed by atoms with Gasteiger partial charge in [0.15, 0.2) is 0 Å². The lowest BCUT2D eigenvalue weighted by Gasteiger charge is -2.19. The fraction of sp³-hybridized carbons (Fsp3) is 0.700. The smallest absolute Gasteiger partial charge is 0.346 e. The molecule has 0 aromatic carbocycles. The number of aromatic nitrogens is 3. The summed E-state index contributed by atoms with van der Waals surface area (Å²) in [5, 5.41) is 12.2. The first-order chi connectivity index (χ1) is 8.70. The van der Waals surface area contributed by atoms with Crippen molar-refractivity contribution in [3.63, 3.8) is 0 Å². The third kappa shape index (κ3) is 4.86. The van der Waals surface area contributed by atoms with Crippen molar-refractivity contribution in [2.45, 2.75) is 32.1 Å². The summed E-state index contributed by atoms with van der Waals surface area (Å²) in [6.07, 6.45) is -2.91. The molecule has 0 fully saturated rings. The highest BCUT2D eigenvalue weighted by Gasteiger charge is 2.29. The topological polar surface area (TPSA) is 71.8 Å². The molecule has 1 aromatic rings. The van der Waals surface area contributed by atoms with Gasteiger partial charge in [-0.15, -0.1) is 10.2 Å². The van der Waals surface area contributed by atoms with Crippen LogP contribution >= 0.6 is 0 Å². The highest BCUT2D eigenvalue weighted by Crippen LogP contribution is 2.12. The molecular formula is C10H16F3N5O. The molecule has 108 valence electrons. The summed E-state index contributed by atoms with van der Waals surface area (Å²) < 4.78 is 37.5. The number of amides is 1. The van der Waals surface area contributed by atoms with E-state index in [1.165, 1.54) is 13.3 Å². The minimum Gasteiger partial charge on any atom is -0.346 e. The average molecular weight is 279 g/mol. The Balaban J connectivity index is 2.48. The summed E-state index contributed by atoms with van der Waals surface area (Å²) in [6.45, 7) is 1.90. The van der Waals surface area contributed by atoms with Crippen LogP contribution in [0.15, 0.2) is 6.33 Å². The van der Waals surface area contributed by atoms with E-state index in [4.69, 9.17) is 0 Å². The molecule has 2 unspecified atom stereocenters. The number of hydrogen-bond acceptors (Lipinski definition) is 4. The maximum atomic E-state index is 12.0. The zero-order valence-corrected chi connectivity index (χ0v) is 10.8. The Kier molecular flexibility index (Phi) is 4.87. The molecule has 19 heavy (non-hydrogen) atoms. The molecule has 6 nitrogen and oxygen atoms in total. The van der Waals surface area contributed by atoms with E-state index in [2.05, 4.69) is 15.5 Å². The summed E-state index contributed by atoms with van der Waals surface area (Å²) in [6, 6.07) is -1.08. The van der Waals surface area contributed by atoms with Crippen molar-refractivity contribution in [2.24, 2.45) is 7.05 Å². The molecule has 0 radical (unpaired) electrons. The standard InChI is InChI=1S/C10H16F3N5O/c1-6(8-17-15-5-18(8)3)16-7(2)9(19)14-4-10(11,12)13/h5-7,16H,4H2,1-3H3,(H,14,19). The van der Waals surface area contributed by atoms with Crippen LogP contribution in [0.4, 0.5) is 13.2 Å². The third-order valence-corrected chi connectivity index (χ3v) is 2.49. The summed E-state index contributed by atoms with van der Waals surface area (Å²) in [5.74, 6) is -0.123. The molecule has 0 aliphatic rings. The van der Waals surface area contributed by atoms with Gasteiger partial charge in [-0.1, -0.05) is 0 Å². The van der Waals surface area contributed by atoms with E-state index in [1.54, 1.807) is 18.5 Å². The zero-order valence-electron chi connectivity index (χ0n) is 10.8. The van der Waals surface area contributed by atoms with Gasteiger partial charge >= 0.3 is 6.18 Å². The highest BCUT2D eigenvalue weighted by atomic mass is 19.4. The predicted octanol–water partition coefficient (Wildman–Crippen LogP) is 0.533. The van der Waals surface area contributed by atoms with Gasteiger partial charge in [0, 0.05) is 7.05 Å². The van der Waals surface area contributed by atoms with Gasteiger partial charge in [0.25, 0.3) is 0 Å². The zero-order chi connectivity index (χ0) is 14.6. The van der Waals surface area contributed by atoms with E-state index < -0.39 is 24.7 Å². The summed E-state index contributed by atoms with van der Waals surface area (Å²) in [5.41, 5.74) is 0. The molecule has 2 atom stereocenters. The molecule has 2 N–H and O–H groups in total. The Morgan fingerprint density at radius 3 is 2.58 bits per heavy atom. The van der Waals surface area contributed by atoms with Crippen LogP contribution in [0, 0.1) is 0 Å². The van der Waals surface area contributed by atoms with E-state index in [1.807, 2.05) is 5.32 Å². The largest absolute Gasteiger partial charge is 0.405 e. The first kappa shape index (κ1) is 15.4. The molecular weight excluding hydrogens is 263 g/mol. The third-order valence-electron chi connectivity index (χ3n) is 2.49. The van der Waals surface area contributed by atoms with Crippen molar-refractivity contribution >= 4 is 5.91 Å². The van der Waals surface area contributed by atoms with E-state index in [-0.39, 0.29) is 6.04 Å². The summed E-state index contributed by atoms with van der Waals surface area (Å²) in [4.78, 5) is 11.5. The molecule has 0 bridgehead atoms. The highest BCUT2D eigenvalue weighted by molar-refractivity contribution is 5.81. The first-order valence-electron chi connectivity index (χ1n) is 5.65. The summed E-state index contributed by atoms with van der Waals surface area (Å²) >= 11 is 0. The van der Waals surface area contributed by atoms with Crippen molar-refractivity contribution in [3.8, 4) is 0 Å². The Hall–Kier alpha value is -1.64. The van der Waals surface area contributed by atoms with Crippen LogP contribution < -0.4 is 10.6 Å². The van der Waals surface area contributed by atoms with Crippen molar-refractivity contribution < 1.29 is 18.0 Å². The number of nitrogens with one attached hydrogen (secondary N) is 2. The second-order valence-electron chi connectivity index (χ2n) is 4.24. The quantitative estimate of drug-likeness (QED) is 0.825. The number of halogens is 3. The molecule has 1 heterocycles. The number of alkyl halides is 3. The van der Waals surface area contributed by atoms with Crippen LogP contribution in [0.2, 0.25) is 0 Å². The molecule has 0 aliphatic heterocycles. The molecule has 0 aliphatic carbocycles. The van der Waals surface area contributed by atoms with Crippen LogP contribution in [0.1, 0.15) is 25.7 Å². The van der Waals surface area contributed by atoms with E-state index in [0.717, 1.165) is 0 Å². The Morgan fingerprint density at radius 1 is 1.47 bits per heavy atom. The number of aryl methyl sites for hydroxylation is 1. The van der Waals surface area contributed by atoms with Crippen LogP contribution in [-0.2, 0) is 11.8 Å². The molecule has 1 aromatic heterocycles. The van der Waals surface area contributed by atoms with Crippen molar-refractivity contribution in [2.75, 3.05) is 6.54 Å². The fourth-order valence-electron chi connectivity index (χ4n) is 1.55. The molecule has 1 amide bonds. The minimum atomic E-state index is -4.41. The van der Waals surface area contributed by atoms with Gasteiger partial charge < -0.3 is 9.88 Å². The number of rotatable bonds is 5. The van der Waals surface area contributed by atoms with Crippen molar-refractivity contribution in [1.29, 1.82) is 0 Å². The Morgan fingerprint density at radius 2 is 2.11 bits per heavy atom. The number of carbonyl (C=O) groups is 1. The average Bonchev–Trinajstić information content (AvgIpc) is 2.71. The first-order valence-corrected chi connectivity index (χ1v) is 5.65. The lowest BCUT2D eigenvalue weighted by molar-refractivity contribution is -0.139. The summed E-state index contributed by atoms with van der Waals surface area (Å²) in [7, 11) is 1.74. The van der Waals surface area contributed by atoms with Crippen molar-refractivity contribution in [3.05, 3.63) is 12.2 Å².